The number of ether oxygens (including phenoxy) is 1. The summed E-state index contributed by atoms with van der Waals surface area (Å²) in [6, 6.07) is 0. The average Bonchev–Trinajstić information content (AvgIpc) is 2.66. The van der Waals surface area contributed by atoms with Crippen LogP contribution < -0.4 is 0 Å². The third-order valence-corrected chi connectivity index (χ3v) is 1.83. The zero-order chi connectivity index (χ0) is 8.55. The van der Waals surface area contributed by atoms with Crippen molar-refractivity contribution in [2.45, 2.75) is 19.6 Å². The number of carbonyl (C=O) groups excluding carboxylic acids is 1. The molecular weight excluding hydrogens is 156 g/mol. The monoisotopic (exact) mass is 166 g/mol. The van der Waals surface area contributed by atoms with Gasteiger partial charge < -0.3 is 4.74 Å². The summed E-state index contributed by atoms with van der Waals surface area (Å²) in [5.74, 6) is 0.0537. The maximum absolute atomic E-state index is 10.9. The molecule has 4 heteroatoms. The van der Waals surface area contributed by atoms with E-state index in [-0.39, 0.29) is 5.78 Å². The summed E-state index contributed by atoms with van der Waals surface area (Å²) >= 11 is 0. The maximum Gasteiger partial charge on any atom is 0.162 e. The zero-order valence-electron chi connectivity index (χ0n) is 6.86. The van der Waals surface area contributed by atoms with Crippen molar-refractivity contribution in [1.82, 2.24) is 9.78 Å². The first-order valence-electron chi connectivity index (χ1n) is 3.90. The van der Waals surface area contributed by atoms with E-state index in [1.807, 2.05) is 0 Å². The molecule has 1 fully saturated rings. The molecule has 0 spiro atoms. The second-order valence-electron chi connectivity index (χ2n) is 2.96. The first-order valence-corrected chi connectivity index (χ1v) is 3.90. The van der Waals surface area contributed by atoms with Gasteiger partial charge in [0.15, 0.2) is 5.78 Å². The Morgan fingerprint density at radius 2 is 2.67 bits per heavy atom. The quantitative estimate of drug-likeness (QED) is 0.485. The molecule has 1 atom stereocenters. The lowest BCUT2D eigenvalue weighted by molar-refractivity contribution is 0.101. The third-order valence-electron chi connectivity index (χ3n) is 1.83. The lowest BCUT2D eigenvalue weighted by Crippen LogP contribution is -2.03. The number of nitrogens with zero attached hydrogens (tertiary/aromatic N) is 2. The van der Waals surface area contributed by atoms with E-state index in [9.17, 15) is 4.79 Å². The molecular formula is C8H10N2O2. The molecule has 0 aromatic carbocycles. The minimum Gasteiger partial charge on any atom is -0.371 e. The Kier molecular flexibility index (Phi) is 1.69. The van der Waals surface area contributed by atoms with Crippen LogP contribution in [-0.4, -0.2) is 28.3 Å². The molecule has 1 aliphatic rings. The molecule has 0 N–H and O–H groups in total. The van der Waals surface area contributed by atoms with Crippen LogP contribution in [0.15, 0.2) is 12.4 Å². The van der Waals surface area contributed by atoms with E-state index in [0.717, 1.165) is 13.2 Å². The van der Waals surface area contributed by atoms with E-state index in [1.54, 1.807) is 17.1 Å². The predicted octanol–water partition coefficient (Wildman–Crippen LogP) is 0.485. The zero-order valence-corrected chi connectivity index (χ0v) is 6.86. The highest BCUT2D eigenvalue weighted by Crippen LogP contribution is 2.11. The number of aromatic nitrogens is 2. The number of carbonyl (C=O) groups is 1. The van der Waals surface area contributed by atoms with Crippen LogP contribution in [0.3, 0.4) is 0 Å². The van der Waals surface area contributed by atoms with Crippen molar-refractivity contribution in [3.63, 3.8) is 0 Å². The Labute approximate surface area is 70.1 Å². The van der Waals surface area contributed by atoms with Crippen molar-refractivity contribution in [3.8, 4) is 0 Å². The highest BCUT2D eigenvalue weighted by molar-refractivity contribution is 5.93. The summed E-state index contributed by atoms with van der Waals surface area (Å²) in [5.41, 5.74) is 0.663. The number of hydrogen-bond donors (Lipinski definition) is 0. The summed E-state index contributed by atoms with van der Waals surface area (Å²) in [6.07, 6.45) is 3.65. The molecule has 1 aliphatic heterocycles. The summed E-state index contributed by atoms with van der Waals surface area (Å²) in [7, 11) is 0. The normalized spacial score (nSPS) is 20.9. The standard InChI is InChI=1S/C8H10N2O2/c1-6(11)7-2-9-10(3-7)4-8-5-12-8/h2-3,8H,4-5H2,1H3/t8-/m0/s1. The molecule has 4 nitrogen and oxygen atoms in total. The topological polar surface area (TPSA) is 47.4 Å². The molecule has 1 aromatic rings. The lowest BCUT2D eigenvalue weighted by atomic mass is 10.3. The van der Waals surface area contributed by atoms with Crippen molar-refractivity contribution in [2.75, 3.05) is 6.61 Å². The Balaban J connectivity index is 2.06. The molecule has 2 heterocycles. The summed E-state index contributed by atoms with van der Waals surface area (Å²) in [5, 5.41) is 4.03. The number of hydrogen-bond acceptors (Lipinski definition) is 3. The highest BCUT2D eigenvalue weighted by Gasteiger charge is 2.23. The fourth-order valence-electron chi connectivity index (χ4n) is 1.03. The van der Waals surface area contributed by atoms with E-state index in [4.69, 9.17) is 4.74 Å². The van der Waals surface area contributed by atoms with Crippen LogP contribution in [0.2, 0.25) is 0 Å². The summed E-state index contributed by atoms with van der Waals surface area (Å²) in [6.45, 7) is 3.11. The van der Waals surface area contributed by atoms with Gasteiger partial charge >= 0.3 is 0 Å². The first-order chi connectivity index (χ1) is 5.75. The van der Waals surface area contributed by atoms with Gasteiger partial charge in [0.05, 0.1) is 24.9 Å². The van der Waals surface area contributed by atoms with Gasteiger partial charge in [-0.25, -0.2) is 0 Å². The fourth-order valence-corrected chi connectivity index (χ4v) is 1.03. The molecule has 0 saturated carbocycles. The summed E-state index contributed by atoms with van der Waals surface area (Å²) < 4.78 is 6.78. The Bertz CT molecular complexity index is 302. The second kappa shape index (κ2) is 2.71. The van der Waals surface area contributed by atoms with E-state index in [0.29, 0.717) is 11.7 Å². The minimum atomic E-state index is 0.0537. The van der Waals surface area contributed by atoms with Crippen molar-refractivity contribution in [1.29, 1.82) is 0 Å². The molecule has 64 valence electrons. The van der Waals surface area contributed by atoms with Gasteiger partial charge in [-0.15, -0.1) is 0 Å². The fraction of sp³-hybridized carbons (Fsp3) is 0.500. The van der Waals surface area contributed by atoms with Gasteiger partial charge in [-0.1, -0.05) is 0 Å². The Morgan fingerprint density at radius 1 is 1.92 bits per heavy atom. The second-order valence-corrected chi connectivity index (χ2v) is 2.96. The van der Waals surface area contributed by atoms with Gasteiger partial charge in [0.25, 0.3) is 0 Å². The molecule has 12 heavy (non-hydrogen) atoms. The third kappa shape index (κ3) is 1.53. The molecule has 0 bridgehead atoms. The van der Waals surface area contributed by atoms with E-state index >= 15 is 0 Å². The molecule has 0 aliphatic carbocycles. The number of rotatable bonds is 3. The van der Waals surface area contributed by atoms with Crippen LogP contribution in [0.4, 0.5) is 0 Å². The predicted molar refractivity (Wildman–Crippen MR) is 42.0 cm³/mol. The molecule has 2 rings (SSSR count). The SMILES string of the molecule is CC(=O)c1cnn(C[C@H]2CO2)c1. The van der Waals surface area contributed by atoms with Crippen molar-refractivity contribution >= 4 is 5.78 Å². The molecule has 1 saturated heterocycles. The van der Waals surface area contributed by atoms with E-state index in [1.165, 1.54) is 6.92 Å². The minimum absolute atomic E-state index is 0.0537. The highest BCUT2D eigenvalue weighted by atomic mass is 16.6. The van der Waals surface area contributed by atoms with Gasteiger partial charge in [0.2, 0.25) is 0 Å². The van der Waals surface area contributed by atoms with Gasteiger partial charge in [0.1, 0.15) is 6.10 Å². The van der Waals surface area contributed by atoms with Crippen LogP contribution in [0.5, 0.6) is 0 Å². The van der Waals surface area contributed by atoms with Crippen LogP contribution in [0.25, 0.3) is 0 Å². The van der Waals surface area contributed by atoms with E-state index in [2.05, 4.69) is 5.10 Å². The summed E-state index contributed by atoms with van der Waals surface area (Å²) in [4.78, 5) is 10.9. The number of Topliss-reactive ketones (excluding diaryl/α,β-unsaturated/α-hetero) is 1. The van der Waals surface area contributed by atoms with Gasteiger partial charge in [0, 0.05) is 6.20 Å². The van der Waals surface area contributed by atoms with Gasteiger partial charge in [-0.2, -0.15) is 5.10 Å². The van der Waals surface area contributed by atoms with E-state index < -0.39 is 0 Å². The van der Waals surface area contributed by atoms with Crippen LogP contribution in [0, 0.1) is 0 Å². The van der Waals surface area contributed by atoms with Crippen molar-refractivity contribution in [3.05, 3.63) is 18.0 Å². The largest absolute Gasteiger partial charge is 0.371 e. The van der Waals surface area contributed by atoms with Gasteiger partial charge in [-0.05, 0) is 6.92 Å². The molecule has 0 amide bonds. The number of epoxide rings is 1. The van der Waals surface area contributed by atoms with Crippen LogP contribution >= 0.6 is 0 Å². The Morgan fingerprint density at radius 3 is 3.17 bits per heavy atom. The smallest absolute Gasteiger partial charge is 0.162 e. The van der Waals surface area contributed by atoms with Gasteiger partial charge in [-0.3, -0.25) is 9.48 Å². The van der Waals surface area contributed by atoms with Crippen LogP contribution in [0.1, 0.15) is 17.3 Å². The van der Waals surface area contributed by atoms with Crippen molar-refractivity contribution < 1.29 is 9.53 Å². The number of ketones is 1. The lowest BCUT2D eigenvalue weighted by Gasteiger charge is -1.93. The maximum atomic E-state index is 10.9. The first kappa shape index (κ1) is 7.49. The average molecular weight is 166 g/mol. The molecule has 1 aromatic heterocycles. The molecule has 0 radical (unpaired) electrons. The Hall–Kier alpha value is -1.16. The molecule has 0 unspecified atom stereocenters. The van der Waals surface area contributed by atoms with Crippen molar-refractivity contribution in [2.24, 2.45) is 0 Å². The van der Waals surface area contributed by atoms with Crippen LogP contribution in [-0.2, 0) is 11.3 Å².